The highest BCUT2D eigenvalue weighted by Gasteiger charge is 1.97. The number of nitriles is 1. The van der Waals surface area contributed by atoms with Crippen molar-refractivity contribution < 1.29 is 0 Å². The first-order valence-electron chi connectivity index (χ1n) is 2.85. The minimum atomic E-state index is 0.0717. The monoisotopic (exact) mass is 175 g/mol. The molecule has 8 heavy (non-hydrogen) atoms. The van der Waals surface area contributed by atoms with Gasteiger partial charge in [-0.3, -0.25) is 0 Å². The Morgan fingerprint density at radius 3 is 2.75 bits per heavy atom. The Balaban J connectivity index is 3.02. The Labute approximate surface area is 58.8 Å². The molecule has 0 spiro atoms. The van der Waals surface area contributed by atoms with Gasteiger partial charge in [-0.1, -0.05) is 35.7 Å². The Morgan fingerprint density at radius 1 is 1.75 bits per heavy atom. The molecule has 0 N–H and O–H groups in total. The van der Waals surface area contributed by atoms with E-state index in [2.05, 4.69) is 28.9 Å². The van der Waals surface area contributed by atoms with Crippen LogP contribution >= 0.6 is 15.9 Å². The van der Waals surface area contributed by atoms with Crippen LogP contribution in [0, 0.1) is 11.3 Å². The second kappa shape index (κ2) is 5.11. The van der Waals surface area contributed by atoms with Crippen LogP contribution in [0.3, 0.4) is 0 Å². The van der Waals surface area contributed by atoms with Crippen LogP contribution in [0.15, 0.2) is 0 Å². The normalized spacial score (nSPS) is 12.6. The number of hydrogen-bond acceptors (Lipinski definition) is 1. The fraction of sp³-hybridized carbons (Fsp3) is 0.833. The molecule has 46 valence electrons. The van der Waals surface area contributed by atoms with Gasteiger partial charge < -0.3 is 0 Å². The van der Waals surface area contributed by atoms with E-state index < -0.39 is 0 Å². The molecule has 0 amide bonds. The molecule has 0 aliphatic carbocycles. The summed E-state index contributed by atoms with van der Waals surface area (Å²) in [5.41, 5.74) is 0. The Kier molecular flexibility index (Phi) is 5.09. The molecule has 0 aromatic heterocycles. The summed E-state index contributed by atoms with van der Waals surface area (Å²) >= 11 is 3.22. The lowest BCUT2D eigenvalue weighted by Crippen LogP contribution is -1.90. The van der Waals surface area contributed by atoms with Crippen molar-refractivity contribution >= 4 is 15.9 Å². The first-order chi connectivity index (χ1) is 3.81. The minimum absolute atomic E-state index is 0.0717. The van der Waals surface area contributed by atoms with Crippen LogP contribution < -0.4 is 0 Å². The summed E-state index contributed by atoms with van der Waals surface area (Å²) in [5, 5.41) is 8.26. The zero-order valence-corrected chi connectivity index (χ0v) is 6.61. The molecule has 1 atom stereocenters. The predicted octanol–water partition coefficient (Wildman–Crippen LogP) is 2.46. The maximum absolute atomic E-state index is 8.26. The fourth-order valence-corrected chi connectivity index (χ4v) is 0.772. The van der Waals surface area contributed by atoms with E-state index in [1.165, 1.54) is 6.42 Å². The molecule has 0 radical (unpaired) electrons. The summed E-state index contributed by atoms with van der Waals surface area (Å²) < 4.78 is 0. The SMILES string of the molecule is CCCCC(Br)C#N. The molecule has 1 nitrogen and oxygen atoms in total. The van der Waals surface area contributed by atoms with E-state index in [0.29, 0.717) is 0 Å². The van der Waals surface area contributed by atoms with E-state index in [4.69, 9.17) is 5.26 Å². The molecule has 0 aliphatic rings. The zero-order chi connectivity index (χ0) is 6.41. The van der Waals surface area contributed by atoms with Gasteiger partial charge in [0.25, 0.3) is 0 Å². The Bertz CT molecular complexity index is 85.0. The highest BCUT2D eigenvalue weighted by atomic mass is 79.9. The van der Waals surface area contributed by atoms with Crippen LogP contribution in [0.4, 0.5) is 0 Å². The van der Waals surface area contributed by atoms with Gasteiger partial charge in [-0.25, -0.2) is 0 Å². The molecular weight excluding hydrogens is 166 g/mol. The van der Waals surface area contributed by atoms with Crippen molar-refractivity contribution in [2.75, 3.05) is 0 Å². The summed E-state index contributed by atoms with van der Waals surface area (Å²) in [6.07, 6.45) is 3.29. The number of unbranched alkanes of at least 4 members (excludes halogenated alkanes) is 1. The third-order valence-electron chi connectivity index (χ3n) is 0.951. The lowest BCUT2D eigenvalue weighted by atomic mass is 10.2. The number of rotatable bonds is 3. The summed E-state index contributed by atoms with van der Waals surface area (Å²) in [5.74, 6) is 0. The molecule has 1 unspecified atom stereocenters. The maximum Gasteiger partial charge on any atom is 0.101 e. The topological polar surface area (TPSA) is 23.8 Å². The summed E-state index contributed by atoms with van der Waals surface area (Å²) in [6.45, 7) is 2.12. The van der Waals surface area contributed by atoms with Crippen molar-refractivity contribution in [2.24, 2.45) is 0 Å². The third kappa shape index (κ3) is 4.14. The van der Waals surface area contributed by atoms with Crippen molar-refractivity contribution in [1.82, 2.24) is 0 Å². The average molecular weight is 176 g/mol. The van der Waals surface area contributed by atoms with Crippen molar-refractivity contribution in [3.63, 3.8) is 0 Å². The summed E-state index contributed by atoms with van der Waals surface area (Å²) in [6, 6.07) is 2.12. The molecule has 2 heteroatoms. The molecular formula is C6H10BrN. The van der Waals surface area contributed by atoms with Gasteiger partial charge in [-0.2, -0.15) is 5.26 Å². The van der Waals surface area contributed by atoms with Crippen LogP contribution in [0.5, 0.6) is 0 Å². The second-order valence-electron chi connectivity index (χ2n) is 1.74. The van der Waals surface area contributed by atoms with Crippen molar-refractivity contribution in [3.05, 3.63) is 0 Å². The molecule has 0 saturated carbocycles. The number of hydrogen-bond donors (Lipinski definition) is 0. The van der Waals surface area contributed by atoms with Crippen molar-refractivity contribution in [1.29, 1.82) is 5.26 Å². The van der Waals surface area contributed by atoms with Gasteiger partial charge in [0.2, 0.25) is 0 Å². The average Bonchev–Trinajstić information content (AvgIpc) is 1.83. The quantitative estimate of drug-likeness (QED) is 0.606. The smallest absolute Gasteiger partial charge is 0.101 e. The third-order valence-corrected chi connectivity index (χ3v) is 1.61. The van der Waals surface area contributed by atoms with Crippen LogP contribution in [0.25, 0.3) is 0 Å². The van der Waals surface area contributed by atoms with Crippen LogP contribution in [0.2, 0.25) is 0 Å². The molecule has 0 aliphatic heterocycles. The highest BCUT2D eigenvalue weighted by Crippen LogP contribution is 2.07. The Morgan fingerprint density at radius 2 is 2.38 bits per heavy atom. The zero-order valence-electron chi connectivity index (χ0n) is 5.02. The lowest BCUT2D eigenvalue weighted by Gasteiger charge is -1.94. The summed E-state index contributed by atoms with van der Waals surface area (Å²) in [7, 11) is 0. The van der Waals surface area contributed by atoms with E-state index in [1.54, 1.807) is 0 Å². The first-order valence-corrected chi connectivity index (χ1v) is 3.76. The highest BCUT2D eigenvalue weighted by molar-refractivity contribution is 9.09. The van der Waals surface area contributed by atoms with E-state index in [-0.39, 0.29) is 4.83 Å². The van der Waals surface area contributed by atoms with Gasteiger partial charge >= 0.3 is 0 Å². The Hall–Kier alpha value is -0.0300. The second-order valence-corrected chi connectivity index (χ2v) is 2.84. The van der Waals surface area contributed by atoms with Crippen LogP contribution in [-0.4, -0.2) is 4.83 Å². The van der Waals surface area contributed by atoms with Gasteiger partial charge in [0.05, 0.1) is 6.07 Å². The van der Waals surface area contributed by atoms with E-state index in [0.717, 1.165) is 12.8 Å². The van der Waals surface area contributed by atoms with E-state index in [9.17, 15) is 0 Å². The molecule has 0 fully saturated rings. The molecule has 0 aromatic rings. The van der Waals surface area contributed by atoms with E-state index >= 15 is 0 Å². The van der Waals surface area contributed by atoms with Gasteiger partial charge in [0, 0.05) is 0 Å². The molecule has 0 heterocycles. The number of halogens is 1. The van der Waals surface area contributed by atoms with Crippen LogP contribution in [-0.2, 0) is 0 Å². The number of alkyl halides is 1. The molecule has 0 saturated heterocycles. The largest absolute Gasteiger partial charge is 0.197 e. The van der Waals surface area contributed by atoms with Crippen molar-refractivity contribution in [3.8, 4) is 6.07 Å². The van der Waals surface area contributed by atoms with Gasteiger partial charge in [0.1, 0.15) is 4.83 Å². The number of nitrogens with zero attached hydrogens (tertiary/aromatic N) is 1. The van der Waals surface area contributed by atoms with E-state index in [1.807, 2.05) is 0 Å². The summed E-state index contributed by atoms with van der Waals surface area (Å²) in [4.78, 5) is 0.0717. The predicted molar refractivity (Wildman–Crippen MR) is 37.9 cm³/mol. The van der Waals surface area contributed by atoms with Gasteiger partial charge in [0.15, 0.2) is 0 Å². The molecule has 0 aromatic carbocycles. The van der Waals surface area contributed by atoms with Crippen molar-refractivity contribution in [2.45, 2.75) is 31.0 Å². The standard InChI is InChI=1S/C6H10BrN/c1-2-3-4-6(7)5-8/h6H,2-4H2,1H3. The first kappa shape index (κ1) is 7.97. The van der Waals surface area contributed by atoms with Gasteiger partial charge in [-0.15, -0.1) is 0 Å². The lowest BCUT2D eigenvalue weighted by molar-refractivity contribution is 0.747. The fourth-order valence-electron chi connectivity index (χ4n) is 0.448. The minimum Gasteiger partial charge on any atom is -0.197 e. The molecule has 0 bridgehead atoms. The molecule has 0 rings (SSSR count). The maximum atomic E-state index is 8.26. The van der Waals surface area contributed by atoms with Gasteiger partial charge in [-0.05, 0) is 6.42 Å². The van der Waals surface area contributed by atoms with Crippen LogP contribution in [0.1, 0.15) is 26.2 Å².